The van der Waals surface area contributed by atoms with Crippen molar-refractivity contribution < 1.29 is 14.3 Å². The molecule has 0 radical (unpaired) electrons. The van der Waals surface area contributed by atoms with Gasteiger partial charge in [-0.25, -0.2) is 4.79 Å². The van der Waals surface area contributed by atoms with Crippen LogP contribution in [0.1, 0.15) is 41.3 Å². The van der Waals surface area contributed by atoms with Crippen molar-refractivity contribution >= 4 is 18.0 Å². The van der Waals surface area contributed by atoms with Crippen LogP contribution in [0, 0.1) is 18.3 Å². The number of unbranched alkanes of at least 4 members (excludes halogenated alkanes) is 1. The van der Waals surface area contributed by atoms with Crippen LogP contribution in [0.3, 0.4) is 0 Å². The highest BCUT2D eigenvalue weighted by atomic mass is 16.5. The Kier molecular flexibility index (Phi) is 7.33. The highest BCUT2D eigenvalue weighted by Gasteiger charge is 2.10. The molecule has 0 unspecified atom stereocenters. The third-order valence-corrected chi connectivity index (χ3v) is 3.84. The summed E-state index contributed by atoms with van der Waals surface area (Å²) in [5.74, 6) is -0.430. The Labute approximate surface area is 159 Å². The molecule has 0 spiro atoms. The molecule has 0 aliphatic heterocycles. The summed E-state index contributed by atoms with van der Waals surface area (Å²) in [7, 11) is 0. The largest absolute Gasteiger partial charge is 0.423 e. The molecule has 0 aliphatic rings. The molecule has 2 aromatic carbocycles. The van der Waals surface area contributed by atoms with Gasteiger partial charge < -0.3 is 10.1 Å². The van der Waals surface area contributed by atoms with Crippen molar-refractivity contribution in [3.8, 4) is 11.8 Å². The van der Waals surface area contributed by atoms with Crippen LogP contribution >= 0.6 is 0 Å². The molecule has 0 atom stereocenters. The Balaban J connectivity index is 2.04. The van der Waals surface area contributed by atoms with Gasteiger partial charge in [0.15, 0.2) is 0 Å². The Hall–Kier alpha value is -3.39. The number of nitriles is 1. The third-order valence-electron chi connectivity index (χ3n) is 3.84. The van der Waals surface area contributed by atoms with E-state index in [1.54, 1.807) is 42.5 Å². The van der Waals surface area contributed by atoms with Crippen LogP contribution in [0.15, 0.2) is 54.1 Å². The third kappa shape index (κ3) is 6.12. The van der Waals surface area contributed by atoms with Crippen LogP contribution in [0.25, 0.3) is 6.08 Å². The van der Waals surface area contributed by atoms with E-state index >= 15 is 0 Å². The number of rotatable bonds is 7. The summed E-state index contributed by atoms with van der Waals surface area (Å²) in [5.41, 5.74) is 2.17. The summed E-state index contributed by atoms with van der Waals surface area (Å²) in [6.45, 7) is 4.48. The lowest BCUT2D eigenvalue weighted by atomic mass is 10.1. The van der Waals surface area contributed by atoms with Crippen LogP contribution in [-0.2, 0) is 4.79 Å². The SMILES string of the molecule is CCCCNC(=O)/C(C#N)=C/c1ccc(OC(=O)c2cccc(C)c2)cc1. The topological polar surface area (TPSA) is 79.2 Å². The maximum absolute atomic E-state index is 12.2. The summed E-state index contributed by atoms with van der Waals surface area (Å²) in [4.78, 5) is 24.1. The second kappa shape index (κ2) is 9.93. The maximum Gasteiger partial charge on any atom is 0.343 e. The summed E-state index contributed by atoms with van der Waals surface area (Å²) >= 11 is 0. The predicted molar refractivity (Wildman–Crippen MR) is 104 cm³/mol. The van der Waals surface area contributed by atoms with Gasteiger partial charge >= 0.3 is 5.97 Å². The van der Waals surface area contributed by atoms with Crippen LogP contribution in [0.4, 0.5) is 0 Å². The molecule has 5 nitrogen and oxygen atoms in total. The maximum atomic E-state index is 12.2. The number of nitrogens with one attached hydrogen (secondary N) is 1. The number of carbonyl (C=O) groups excluding carboxylic acids is 2. The average Bonchev–Trinajstić information content (AvgIpc) is 2.67. The monoisotopic (exact) mass is 362 g/mol. The first-order valence-electron chi connectivity index (χ1n) is 8.82. The van der Waals surface area contributed by atoms with E-state index in [-0.39, 0.29) is 11.5 Å². The Bertz CT molecular complexity index is 877. The van der Waals surface area contributed by atoms with E-state index in [1.165, 1.54) is 6.08 Å². The minimum Gasteiger partial charge on any atom is -0.423 e. The number of hydrogen-bond donors (Lipinski definition) is 1. The zero-order valence-corrected chi connectivity index (χ0v) is 15.5. The number of amides is 1. The molecule has 0 bridgehead atoms. The number of hydrogen-bond acceptors (Lipinski definition) is 4. The van der Waals surface area contributed by atoms with E-state index in [4.69, 9.17) is 4.74 Å². The van der Waals surface area contributed by atoms with Gasteiger partial charge in [-0.1, -0.05) is 43.2 Å². The molecule has 2 aromatic rings. The van der Waals surface area contributed by atoms with Gasteiger partial charge in [0.05, 0.1) is 5.56 Å². The van der Waals surface area contributed by atoms with E-state index in [0.717, 1.165) is 18.4 Å². The number of carbonyl (C=O) groups is 2. The van der Waals surface area contributed by atoms with Gasteiger partial charge in [0, 0.05) is 6.54 Å². The summed E-state index contributed by atoms with van der Waals surface area (Å²) in [6.07, 6.45) is 3.34. The molecule has 2 rings (SSSR count). The van der Waals surface area contributed by atoms with Crippen LogP contribution in [-0.4, -0.2) is 18.4 Å². The van der Waals surface area contributed by atoms with Gasteiger partial charge in [-0.05, 0) is 49.2 Å². The zero-order valence-electron chi connectivity index (χ0n) is 15.5. The van der Waals surface area contributed by atoms with E-state index in [2.05, 4.69) is 5.32 Å². The zero-order chi connectivity index (χ0) is 19.6. The lowest BCUT2D eigenvalue weighted by molar-refractivity contribution is -0.117. The van der Waals surface area contributed by atoms with Crippen molar-refractivity contribution in [1.29, 1.82) is 5.26 Å². The first kappa shape index (κ1) is 19.9. The Morgan fingerprint density at radius 1 is 1.19 bits per heavy atom. The predicted octanol–water partition coefficient (Wildman–Crippen LogP) is 4.04. The molecule has 5 heteroatoms. The first-order valence-corrected chi connectivity index (χ1v) is 8.82. The van der Waals surface area contributed by atoms with Gasteiger partial charge in [0.25, 0.3) is 5.91 Å². The standard InChI is InChI=1S/C22H22N2O3/c1-3-4-12-24-21(25)19(15-23)14-17-8-10-20(11-9-17)27-22(26)18-7-5-6-16(2)13-18/h5-11,13-14H,3-4,12H2,1-2H3,(H,24,25)/b19-14+. The van der Waals surface area contributed by atoms with Crippen LogP contribution < -0.4 is 10.1 Å². The molecule has 0 saturated heterocycles. The fourth-order valence-electron chi connectivity index (χ4n) is 2.36. The van der Waals surface area contributed by atoms with Crippen molar-refractivity contribution in [2.75, 3.05) is 6.54 Å². The number of nitrogens with zero attached hydrogens (tertiary/aromatic N) is 1. The quantitative estimate of drug-likeness (QED) is 0.265. The molecular formula is C22H22N2O3. The molecular weight excluding hydrogens is 340 g/mol. The van der Waals surface area contributed by atoms with E-state index < -0.39 is 5.97 Å². The first-order chi connectivity index (χ1) is 13.0. The summed E-state index contributed by atoms with van der Waals surface area (Å²) in [5, 5.41) is 11.9. The Morgan fingerprint density at radius 3 is 2.56 bits per heavy atom. The molecule has 0 aliphatic carbocycles. The van der Waals surface area contributed by atoms with Crippen LogP contribution in [0.5, 0.6) is 5.75 Å². The number of esters is 1. The van der Waals surface area contributed by atoms with Crippen molar-refractivity contribution in [1.82, 2.24) is 5.32 Å². The van der Waals surface area contributed by atoms with E-state index in [0.29, 0.717) is 23.4 Å². The van der Waals surface area contributed by atoms with Gasteiger partial charge in [-0.2, -0.15) is 5.26 Å². The Morgan fingerprint density at radius 2 is 1.93 bits per heavy atom. The fraction of sp³-hybridized carbons (Fsp3) is 0.227. The van der Waals surface area contributed by atoms with Gasteiger partial charge in [-0.3, -0.25) is 4.79 Å². The number of ether oxygens (including phenoxy) is 1. The van der Waals surface area contributed by atoms with E-state index in [9.17, 15) is 14.9 Å². The fourth-order valence-corrected chi connectivity index (χ4v) is 2.36. The van der Waals surface area contributed by atoms with Crippen molar-refractivity contribution in [3.05, 3.63) is 70.8 Å². The molecule has 27 heavy (non-hydrogen) atoms. The second-order valence-electron chi connectivity index (χ2n) is 6.11. The molecule has 0 aromatic heterocycles. The number of benzene rings is 2. The molecule has 138 valence electrons. The minimum atomic E-state index is -0.435. The van der Waals surface area contributed by atoms with Gasteiger partial charge in [0.1, 0.15) is 17.4 Å². The molecule has 1 N–H and O–H groups in total. The minimum absolute atomic E-state index is 0.0376. The van der Waals surface area contributed by atoms with Gasteiger partial charge in [-0.15, -0.1) is 0 Å². The molecule has 0 saturated carbocycles. The summed E-state index contributed by atoms with van der Waals surface area (Å²) < 4.78 is 5.35. The lowest BCUT2D eigenvalue weighted by Crippen LogP contribution is -2.25. The molecule has 0 fully saturated rings. The second-order valence-corrected chi connectivity index (χ2v) is 6.11. The smallest absolute Gasteiger partial charge is 0.343 e. The highest BCUT2D eigenvalue weighted by Crippen LogP contribution is 2.16. The number of aryl methyl sites for hydroxylation is 1. The molecule has 1 amide bonds. The highest BCUT2D eigenvalue weighted by molar-refractivity contribution is 6.01. The normalized spacial score (nSPS) is 10.8. The van der Waals surface area contributed by atoms with Crippen molar-refractivity contribution in [3.63, 3.8) is 0 Å². The average molecular weight is 362 g/mol. The van der Waals surface area contributed by atoms with E-state index in [1.807, 2.05) is 26.0 Å². The van der Waals surface area contributed by atoms with Crippen molar-refractivity contribution in [2.24, 2.45) is 0 Å². The summed E-state index contributed by atoms with van der Waals surface area (Å²) in [6, 6.07) is 15.7. The lowest BCUT2D eigenvalue weighted by Gasteiger charge is -2.06. The molecule has 0 heterocycles. The van der Waals surface area contributed by atoms with Gasteiger partial charge in [0.2, 0.25) is 0 Å². The van der Waals surface area contributed by atoms with Crippen LogP contribution in [0.2, 0.25) is 0 Å². The van der Waals surface area contributed by atoms with Crippen molar-refractivity contribution in [2.45, 2.75) is 26.7 Å².